The Morgan fingerprint density at radius 3 is 2.62 bits per heavy atom. The molecule has 0 aromatic heterocycles. The van der Waals surface area contributed by atoms with Crippen LogP contribution in [0.25, 0.3) is 0 Å². The van der Waals surface area contributed by atoms with Crippen LogP contribution in [0.2, 0.25) is 0 Å². The van der Waals surface area contributed by atoms with Gasteiger partial charge in [-0.2, -0.15) is 4.39 Å². The Bertz CT molecular complexity index is 634. The first-order valence-electron chi connectivity index (χ1n) is 6.67. The Kier molecular flexibility index (Phi) is 5.31. The predicted octanol–water partition coefficient (Wildman–Crippen LogP) is 5.19. The van der Waals surface area contributed by atoms with Crippen LogP contribution in [0, 0.1) is 11.6 Å². The quantitative estimate of drug-likeness (QED) is 0.796. The molecule has 0 aliphatic carbocycles. The Hall–Kier alpha value is -1.46. The van der Waals surface area contributed by atoms with Crippen LogP contribution in [0.1, 0.15) is 25.5 Å². The van der Waals surface area contributed by atoms with Crippen molar-refractivity contribution in [1.82, 2.24) is 5.32 Å². The van der Waals surface area contributed by atoms with E-state index in [0.717, 1.165) is 18.2 Å². The van der Waals surface area contributed by atoms with Crippen molar-refractivity contribution in [2.45, 2.75) is 19.9 Å². The van der Waals surface area contributed by atoms with Crippen LogP contribution in [0.15, 0.2) is 40.9 Å². The molecule has 0 radical (unpaired) electrons. The molecule has 0 bridgehead atoms. The van der Waals surface area contributed by atoms with Gasteiger partial charge in [0.25, 0.3) is 0 Å². The minimum atomic E-state index is -0.991. The van der Waals surface area contributed by atoms with Gasteiger partial charge >= 0.3 is 0 Å². The summed E-state index contributed by atoms with van der Waals surface area (Å²) in [7, 11) is 0. The van der Waals surface area contributed by atoms with Gasteiger partial charge < -0.3 is 10.1 Å². The summed E-state index contributed by atoms with van der Waals surface area (Å²) in [6.45, 7) is 4.96. The standard InChI is InChI=1S/C16H16BrF2NO/c1-3-20-10(2)11-7-8-14(12(17)9-11)21-15-6-4-5-13(18)16(15)19/h4-10,20H,3H2,1-2H3. The smallest absolute Gasteiger partial charge is 0.201 e. The minimum Gasteiger partial charge on any atom is -0.453 e. The van der Waals surface area contributed by atoms with Crippen LogP contribution >= 0.6 is 15.9 Å². The largest absolute Gasteiger partial charge is 0.453 e. The fourth-order valence-corrected chi connectivity index (χ4v) is 2.45. The summed E-state index contributed by atoms with van der Waals surface area (Å²) < 4.78 is 32.9. The molecule has 0 saturated heterocycles. The van der Waals surface area contributed by atoms with Crippen molar-refractivity contribution < 1.29 is 13.5 Å². The van der Waals surface area contributed by atoms with E-state index in [-0.39, 0.29) is 11.8 Å². The number of halogens is 3. The molecule has 1 atom stereocenters. The molecule has 0 heterocycles. The molecule has 0 spiro atoms. The van der Waals surface area contributed by atoms with E-state index in [1.54, 1.807) is 6.07 Å². The zero-order valence-corrected chi connectivity index (χ0v) is 13.4. The lowest BCUT2D eigenvalue weighted by atomic mass is 10.1. The first-order chi connectivity index (χ1) is 10.0. The molecule has 2 rings (SSSR count). The van der Waals surface area contributed by atoms with E-state index < -0.39 is 11.6 Å². The summed E-state index contributed by atoms with van der Waals surface area (Å²) in [5.41, 5.74) is 1.08. The van der Waals surface area contributed by atoms with E-state index in [2.05, 4.69) is 28.2 Å². The van der Waals surface area contributed by atoms with Crippen LogP contribution in [-0.2, 0) is 0 Å². The number of benzene rings is 2. The van der Waals surface area contributed by atoms with Gasteiger partial charge in [0.1, 0.15) is 5.75 Å². The zero-order chi connectivity index (χ0) is 15.4. The fourth-order valence-electron chi connectivity index (χ4n) is 1.97. The van der Waals surface area contributed by atoms with E-state index in [1.165, 1.54) is 12.1 Å². The number of ether oxygens (including phenoxy) is 1. The Labute approximate surface area is 131 Å². The summed E-state index contributed by atoms with van der Waals surface area (Å²) in [6, 6.07) is 9.58. The molecular formula is C16H16BrF2NO. The van der Waals surface area contributed by atoms with Gasteiger partial charge in [0, 0.05) is 6.04 Å². The van der Waals surface area contributed by atoms with Gasteiger partial charge in [-0.1, -0.05) is 19.1 Å². The molecule has 1 N–H and O–H groups in total. The van der Waals surface area contributed by atoms with Crippen LogP contribution < -0.4 is 10.1 Å². The molecule has 1 unspecified atom stereocenters. The first-order valence-corrected chi connectivity index (χ1v) is 7.47. The second kappa shape index (κ2) is 7.00. The Morgan fingerprint density at radius 1 is 1.19 bits per heavy atom. The summed E-state index contributed by atoms with van der Waals surface area (Å²) in [6.07, 6.45) is 0. The maximum absolute atomic E-state index is 13.6. The molecule has 2 aromatic carbocycles. The van der Waals surface area contributed by atoms with Crippen molar-refractivity contribution in [3.63, 3.8) is 0 Å². The topological polar surface area (TPSA) is 21.3 Å². The maximum atomic E-state index is 13.6. The van der Waals surface area contributed by atoms with Crippen molar-refractivity contribution >= 4 is 15.9 Å². The molecule has 0 aliphatic rings. The van der Waals surface area contributed by atoms with E-state index >= 15 is 0 Å². The highest BCUT2D eigenvalue weighted by atomic mass is 79.9. The van der Waals surface area contributed by atoms with Crippen molar-refractivity contribution in [2.24, 2.45) is 0 Å². The Morgan fingerprint density at radius 2 is 1.95 bits per heavy atom. The monoisotopic (exact) mass is 355 g/mol. The van der Waals surface area contributed by atoms with Gasteiger partial charge in [0.05, 0.1) is 4.47 Å². The second-order valence-electron chi connectivity index (χ2n) is 4.62. The van der Waals surface area contributed by atoms with Crippen molar-refractivity contribution in [1.29, 1.82) is 0 Å². The lowest BCUT2D eigenvalue weighted by Crippen LogP contribution is -2.17. The summed E-state index contributed by atoms with van der Waals surface area (Å²) in [5.74, 6) is -1.62. The Balaban J connectivity index is 2.23. The van der Waals surface area contributed by atoms with Gasteiger partial charge in [0.2, 0.25) is 5.82 Å². The van der Waals surface area contributed by atoms with Gasteiger partial charge in [-0.25, -0.2) is 4.39 Å². The van der Waals surface area contributed by atoms with Crippen molar-refractivity contribution in [2.75, 3.05) is 6.54 Å². The normalized spacial score (nSPS) is 12.2. The van der Waals surface area contributed by atoms with Crippen molar-refractivity contribution in [3.05, 3.63) is 58.1 Å². The predicted molar refractivity (Wildman–Crippen MR) is 82.7 cm³/mol. The first kappa shape index (κ1) is 15.9. The van der Waals surface area contributed by atoms with Gasteiger partial charge in [-0.05, 0) is 59.2 Å². The van der Waals surface area contributed by atoms with Crippen molar-refractivity contribution in [3.8, 4) is 11.5 Å². The number of hydrogen-bond acceptors (Lipinski definition) is 2. The number of rotatable bonds is 5. The highest BCUT2D eigenvalue weighted by Gasteiger charge is 2.12. The molecule has 21 heavy (non-hydrogen) atoms. The maximum Gasteiger partial charge on any atom is 0.201 e. The molecule has 2 nitrogen and oxygen atoms in total. The second-order valence-corrected chi connectivity index (χ2v) is 5.48. The number of hydrogen-bond donors (Lipinski definition) is 1. The minimum absolute atomic E-state index is 0.136. The van der Waals surface area contributed by atoms with Crippen LogP contribution in [-0.4, -0.2) is 6.54 Å². The third-order valence-electron chi connectivity index (χ3n) is 3.10. The summed E-state index contributed by atoms with van der Waals surface area (Å²) >= 11 is 3.40. The highest BCUT2D eigenvalue weighted by Crippen LogP contribution is 2.33. The summed E-state index contributed by atoms with van der Waals surface area (Å²) in [4.78, 5) is 0. The SMILES string of the molecule is CCNC(C)c1ccc(Oc2cccc(F)c2F)c(Br)c1. The number of nitrogens with one attached hydrogen (secondary N) is 1. The van der Waals surface area contributed by atoms with Crippen LogP contribution in [0.4, 0.5) is 8.78 Å². The molecule has 0 amide bonds. The molecule has 5 heteroatoms. The van der Waals surface area contributed by atoms with Crippen LogP contribution in [0.3, 0.4) is 0 Å². The van der Waals surface area contributed by atoms with Gasteiger partial charge in [-0.3, -0.25) is 0 Å². The molecule has 0 saturated carbocycles. The summed E-state index contributed by atoms with van der Waals surface area (Å²) in [5, 5.41) is 3.30. The lowest BCUT2D eigenvalue weighted by Gasteiger charge is -2.15. The average Bonchev–Trinajstić information content (AvgIpc) is 2.46. The molecule has 0 aliphatic heterocycles. The third-order valence-corrected chi connectivity index (χ3v) is 3.72. The lowest BCUT2D eigenvalue weighted by molar-refractivity contribution is 0.414. The molecular weight excluding hydrogens is 340 g/mol. The third kappa shape index (κ3) is 3.80. The van der Waals surface area contributed by atoms with Crippen LogP contribution in [0.5, 0.6) is 11.5 Å². The van der Waals surface area contributed by atoms with E-state index in [4.69, 9.17) is 4.74 Å². The van der Waals surface area contributed by atoms with E-state index in [0.29, 0.717) is 10.2 Å². The highest BCUT2D eigenvalue weighted by molar-refractivity contribution is 9.10. The fraction of sp³-hybridized carbons (Fsp3) is 0.250. The molecule has 112 valence electrons. The van der Waals surface area contributed by atoms with Gasteiger partial charge in [-0.15, -0.1) is 0 Å². The van der Waals surface area contributed by atoms with E-state index in [1.807, 2.05) is 19.1 Å². The molecule has 0 fully saturated rings. The zero-order valence-electron chi connectivity index (χ0n) is 11.8. The van der Waals surface area contributed by atoms with E-state index in [9.17, 15) is 8.78 Å². The molecule has 2 aromatic rings. The average molecular weight is 356 g/mol. The van der Waals surface area contributed by atoms with Gasteiger partial charge in [0.15, 0.2) is 11.6 Å².